The predicted octanol–water partition coefficient (Wildman–Crippen LogP) is 0.0833. The van der Waals surface area contributed by atoms with E-state index in [0.717, 1.165) is 0 Å². The van der Waals surface area contributed by atoms with Gasteiger partial charge in [-0.15, -0.1) is 0 Å². The van der Waals surface area contributed by atoms with E-state index >= 15 is 0 Å². The highest BCUT2D eigenvalue weighted by Crippen LogP contribution is 2.32. The maximum Gasteiger partial charge on any atom is 0.322 e. The number of amides is 1. The third-order valence-corrected chi connectivity index (χ3v) is 5.64. The van der Waals surface area contributed by atoms with Gasteiger partial charge in [-0.25, -0.2) is 8.42 Å². The van der Waals surface area contributed by atoms with Gasteiger partial charge in [-0.2, -0.15) is 4.72 Å². The molecule has 0 unspecified atom stereocenters. The summed E-state index contributed by atoms with van der Waals surface area (Å²) in [4.78, 5) is 22.9. The highest BCUT2D eigenvalue weighted by atomic mass is 32.2. The fourth-order valence-electron chi connectivity index (χ4n) is 2.85. The molecule has 23 heavy (non-hydrogen) atoms. The van der Waals surface area contributed by atoms with Crippen LogP contribution in [0.15, 0.2) is 9.42 Å². The molecule has 1 amide bonds. The lowest BCUT2D eigenvalue weighted by molar-refractivity contribution is -0.138. The summed E-state index contributed by atoms with van der Waals surface area (Å²) in [5.74, 6) is -1.69. The van der Waals surface area contributed by atoms with Crippen LogP contribution in [0.3, 0.4) is 0 Å². The Morgan fingerprint density at radius 1 is 1.30 bits per heavy atom. The van der Waals surface area contributed by atoms with Gasteiger partial charge in [-0.3, -0.25) is 9.59 Å². The highest BCUT2D eigenvalue weighted by Gasteiger charge is 2.45. The number of aliphatic carboxylic acids is 1. The smallest absolute Gasteiger partial charge is 0.322 e. The summed E-state index contributed by atoms with van der Waals surface area (Å²) < 4.78 is 32.6. The Morgan fingerprint density at radius 2 is 1.91 bits per heavy atom. The third-order valence-electron chi connectivity index (χ3n) is 3.86. The Morgan fingerprint density at radius 3 is 2.39 bits per heavy atom. The normalized spacial score (nSPS) is 17.1. The molecular weight excluding hydrogens is 326 g/mol. The van der Waals surface area contributed by atoms with Gasteiger partial charge in [0.15, 0.2) is 5.76 Å². The monoisotopic (exact) mass is 345 g/mol. The van der Waals surface area contributed by atoms with Crippen molar-refractivity contribution in [2.75, 3.05) is 6.54 Å². The van der Waals surface area contributed by atoms with Crippen LogP contribution in [0.1, 0.15) is 37.1 Å². The minimum Gasteiger partial charge on any atom is -0.480 e. The van der Waals surface area contributed by atoms with Crippen molar-refractivity contribution in [2.45, 2.75) is 50.0 Å². The van der Waals surface area contributed by atoms with E-state index in [1.54, 1.807) is 0 Å². The Labute approximate surface area is 133 Å². The molecule has 0 atom stereocenters. The molecule has 0 radical (unpaired) electrons. The fraction of sp³-hybridized carbons (Fsp3) is 0.615. The van der Waals surface area contributed by atoms with Crippen LogP contribution >= 0.6 is 0 Å². The summed E-state index contributed by atoms with van der Waals surface area (Å²) in [7, 11) is -4.02. The van der Waals surface area contributed by atoms with Crippen LogP contribution in [-0.2, 0) is 19.6 Å². The number of hydrogen-bond donors (Lipinski definition) is 3. The van der Waals surface area contributed by atoms with E-state index in [4.69, 9.17) is 9.63 Å². The number of nitrogens with zero attached hydrogens (tertiary/aromatic N) is 1. The van der Waals surface area contributed by atoms with E-state index in [9.17, 15) is 18.0 Å². The van der Waals surface area contributed by atoms with Gasteiger partial charge in [-0.05, 0) is 26.7 Å². The largest absolute Gasteiger partial charge is 0.480 e. The molecule has 3 N–H and O–H groups in total. The summed E-state index contributed by atoms with van der Waals surface area (Å²) in [5.41, 5.74) is -1.14. The van der Waals surface area contributed by atoms with E-state index in [1.165, 1.54) is 13.8 Å². The van der Waals surface area contributed by atoms with Gasteiger partial charge in [0.05, 0.1) is 0 Å². The molecule has 128 valence electrons. The number of aryl methyl sites for hydroxylation is 2. The molecule has 2 rings (SSSR count). The quantitative estimate of drug-likeness (QED) is 0.663. The zero-order valence-electron chi connectivity index (χ0n) is 12.9. The zero-order valence-corrected chi connectivity index (χ0v) is 13.7. The molecule has 1 heterocycles. The van der Waals surface area contributed by atoms with Crippen molar-refractivity contribution in [3.8, 4) is 0 Å². The van der Waals surface area contributed by atoms with Gasteiger partial charge in [0.25, 0.3) is 0 Å². The second-order valence-corrected chi connectivity index (χ2v) is 7.24. The van der Waals surface area contributed by atoms with Crippen LogP contribution in [0.25, 0.3) is 0 Å². The van der Waals surface area contributed by atoms with Crippen molar-refractivity contribution in [3.63, 3.8) is 0 Å². The third kappa shape index (κ3) is 3.53. The minimum absolute atomic E-state index is 0.0881. The average Bonchev–Trinajstić information content (AvgIpc) is 3.03. The number of nitrogens with one attached hydrogen (secondary N) is 2. The molecule has 1 aliphatic carbocycles. The van der Waals surface area contributed by atoms with E-state index in [2.05, 4.69) is 15.2 Å². The van der Waals surface area contributed by atoms with Crippen LogP contribution < -0.4 is 10.0 Å². The molecule has 1 aliphatic rings. The lowest BCUT2D eigenvalue weighted by atomic mass is 9.98. The van der Waals surface area contributed by atoms with Crippen molar-refractivity contribution in [3.05, 3.63) is 11.5 Å². The number of hydrogen-bond acceptors (Lipinski definition) is 6. The maximum absolute atomic E-state index is 12.6. The van der Waals surface area contributed by atoms with Crippen LogP contribution in [-0.4, -0.2) is 42.6 Å². The molecule has 1 aromatic rings. The first-order chi connectivity index (χ1) is 10.7. The molecular formula is C13H19N3O6S. The standard InChI is InChI=1S/C13H19N3O6S/c1-8-11(9(2)22-15-8)23(20,21)16-13(5-3-4-6-13)12(19)14-7-10(17)18/h16H,3-7H2,1-2H3,(H,14,19)(H,17,18). The number of rotatable bonds is 6. The van der Waals surface area contributed by atoms with Gasteiger partial charge < -0.3 is 14.9 Å². The molecule has 1 aromatic heterocycles. The Bertz CT molecular complexity index is 699. The van der Waals surface area contributed by atoms with E-state index in [-0.39, 0.29) is 16.3 Å². The van der Waals surface area contributed by atoms with Gasteiger partial charge >= 0.3 is 5.97 Å². The second kappa shape index (κ2) is 6.28. The average molecular weight is 345 g/mol. The van der Waals surface area contributed by atoms with Crippen LogP contribution in [0, 0.1) is 13.8 Å². The molecule has 0 spiro atoms. The molecule has 0 bridgehead atoms. The summed E-state index contributed by atoms with van der Waals surface area (Å²) in [6.07, 6.45) is 1.96. The number of carboxylic acid groups (broad SMARTS) is 1. The maximum atomic E-state index is 12.6. The number of carbonyl (C=O) groups is 2. The van der Waals surface area contributed by atoms with Crippen LogP contribution in [0.2, 0.25) is 0 Å². The van der Waals surface area contributed by atoms with Crippen LogP contribution in [0.5, 0.6) is 0 Å². The first-order valence-corrected chi connectivity index (χ1v) is 8.63. The molecule has 10 heteroatoms. The van der Waals surface area contributed by atoms with Gasteiger partial charge in [0.1, 0.15) is 22.7 Å². The highest BCUT2D eigenvalue weighted by molar-refractivity contribution is 7.89. The predicted molar refractivity (Wildman–Crippen MR) is 78.1 cm³/mol. The van der Waals surface area contributed by atoms with Crippen molar-refractivity contribution >= 4 is 21.9 Å². The molecule has 1 saturated carbocycles. The van der Waals surface area contributed by atoms with E-state index < -0.39 is 34.0 Å². The zero-order chi connectivity index (χ0) is 17.3. The fourth-order valence-corrected chi connectivity index (χ4v) is 4.60. The molecule has 1 fully saturated rings. The number of carbonyl (C=O) groups excluding carboxylic acids is 1. The molecule has 0 aromatic carbocycles. The summed E-state index contributed by atoms with van der Waals surface area (Å²) in [5, 5.41) is 14.5. The summed E-state index contributed by atoms with van der Waals surface area (Å²) in [6, 6.07) is 0. The Balaban J connectivity index is 2.29. The number of carboxylic acids is 1. The van der Waals surface area contributed by atoms with Gasteiger partial charge in [0, 0.05) is 0 Å². The number of sulfonamides is 1. The van der Waals surface area contributed by atoms with Gasteiger partial charge in [0.2, 0.25) is 15.9 Å². The van der Waals surface area contributed by atoms with Crippen molar-refractivity contribution in [1.82, 2.24) is 15.2 Å². The van der Waals surface area contributed by atoms with Crippen LogP contribution in [0.4, 0.5) is 0 Å². The van der Waals surface area contributed by atoms with Crippen molar-refractivity contribution in [2.24, 2.45) is 0 Å². The second-order valence-electron chi connectivity index (χ2n) is 5.62. The minimum atomic E-state index is -4.02. The molecule has 0 aliphatic heterocycles. The first kappa shape index (κ1) is 17.4. The summed E-state index contributed by atoms with van der Waals surface area (Å²) >= 11 is 0. The van der Waals surface area contributed by atoms with Crippen molar-refractivity contribution in [1.29, 1.82) is 0 Å². The first-order valence-electron chi connectivity index (χ1n) is 7.15. The summed E-state index contributed by atoms with van der Waals surface area (Å²) in [6.45, 7) is 2.41. The van der Waals surface area contributed by atoms with Gasteiger partial charge in [-0.1, -0.05) is 18.0 Å². The Kier molecular flexibility index (Phi) is 4.76. The molecule has 0 saturated heterocycles. The lowest BCUT2D eigenvalue weighted by Gasteiger charge is -2.28. The van der Waals surface area contributed by atoms with E-state index in [0.29, 0.717) is 25.7 Å². The molecule has 9 nitrogen and oxygen atoms in total. The number of aromatic nitrogens is 1. The topological polar surface area (TPSA) is 139 Å². The van der Waals surface area contributed by atoms with Crippen molar-refractivity contribution < 1.29 is 27.6 Å². The van der Waals surface area contributed by atoms with E-state index in [1.807, 2.05) is 0 Å². The Hall–Kier alpha value is -1.94. The SMILES string of the molecule is Cc1noc(C)c1S(=O)(=O)NC1(C(=O)NCC(=O)O)CCCC1. The lowest BCUT2D eigenvalue weighted by Crippen LogP contribution is -2.57.